The third-order valence-corrected chi connectivity index (χ3v) is 3.95. The second-order valence-corrected chi connectivity index (χ2v) is 5.35. The fourth-order valence-corrected chi connectivity index (χ4v) is 3.02. The molecule has 0 aliphatic carbocycles. The maximum Gasteiger partial charge on any atom is 0.166 e. The first-order chi connectivity index (χ1) is 9.26. The Labute approximate surface area is 113 Å². The van der Waals surface area contributed by atoms with Crippen molar-refractivity contribution in [2.75, 3.05) is 13.2 Å². The molecule has 0 aromatic heterocycles. The molecular weight excluding hydrogens is 238 g/mol. The van der Waals surface area contributed by atoms with Crippen molar-refractivity contribution in [3.05, 3.63) is 35.4 Å². The standard InChI is InChI=1S/C16H17NO2/c1-2-11-3-5-12(6-4-11)16(18)13-7-14-9-19-10-15(8-13)17-14/h1,3-6,13-15,17H,7-10H2. The first-order valence-electron chi connectivity index (χ1n) is 6.71. The van der Waals surface area contributed by atoms with Gasteiger partial charge in [0.2, 0.25) is 0 Å². The molecule has 2 fully saturated rings. The molecule has 2 heterocycles. The quantitative estimate of drug-likeness (QED) is 0.644. The zero-order chi connectivity index (χ0) is 13.2. The smallest absolute Gasteiger partial charge is 0.166 e. The number of piperidine rings is 1. The van der Waals surface area contributed by atoms with Crippen molar-refractivity contribution >= 4 is 5.78 Å². The van der Waals surface area contributed by atoms with E-state index in [0.29, 0.717) is 12.1 Å². The fraction of sp³-hybridized carbons (Fsp3) is 0.438. The lowest BCUT2D eigenvalue weighted by Crippen LogP contribution is -2.55. The minimum absolute atomic E-state index is 0.108. The molecule has 19 heavy (non-hydrogen) atoms. The summed E-state index contributed by atoms with van der Waals surface area (Å²) in [5.74, 6) is 2.91. The van der Waals surface area contributed by atoms with E-state index in [0.717, 1.165) is 37.2 Å². The average molecular weight is 255 g/mol. The van der Waals surface area contributed by atoms with E-state index in [4.69, 9.17) is 11.2 Å². The summed E-state index contributed by atoms with van der Waals surface area (Å²) in [7, 11) is 0. The number of hydrogen-bond donors (Lipinski definition) is 1. The van der Waals surface area contributed by atoms with Gasteiger partial charge in [0.1, 0.15) is 0 Å². The molecule has 2 aliphatic rings. The van der Waals surface area contributed by atoms with Crippen LogP contribution in [0.1, 0.15) is 28.8 Å². The molecule has 1 N–H and O–H groups in total. The fourth-order valence-electron chi connectivity index (χ4n) is 3.02. The van der Waals surface area contributed by atoms with Gasteiger partial charge in [-0.25, -0.2) is 0 Å². The van der Waals surface area contributed by atoms with E-state index >= 15 is 0 Å². The number of hydrogen-bond acceptors (Lipinski definition) is 3. The van der Waals surface area contributed by atoms with Crippen LogP contribution in [0.25, 0.3) is 0 Å². The Hall–Kier alpha value is -1.63. The van der Waals surface area contributed by atoms with Crippen LogP contribution in [0, 0.1) is 18.3 Å². The molecule has 0 amide bonds. The Morgan fingerprint density at radius 1 is 1.21 bits per heavy atom. The number of Topliss-reactive ketones (excluding diaryl/α,β-unsaturated/α-hetero) is 1. The Bertz CT molecular complexity index is 503. The zero-order valence-corrected chi connectivity index (χ0v) is 10.8. The molecule has 2 bridgehead atoms. The van der Waals surface area contributed by atoms with E-state index in [1.54, 1.807) is 0 Å². The van der Waals surface area contributed by atoms with Gasteiger partial charge in [-0.2, -0.15) is 0 Å². The second kappa shape index (κ2) is 5.16. The molecule has 0 radical (unpaired) electrons. The van der Waals surface area contributed by atoms with Crippen LogP contribution in [0.2, 0.25) is 0 Å². The lowest BCUT2D eigenvalue weighted by Gasteiger charge is -2.39. The van der Waals surface area contributed by atoms with E-state index in [1.807, 2.05) is 24.3 Å². The van der Waals surface area contributed by atoms with Crippen LogP contribution < -0.4 is 5.32 Å². The minimum Gasteiger partial charge on any atom is -0.378 e. The molecule has 0 saturated carbocycles. The van der Waals surface area contributed by atoms with Gasteiger partial charge < -0.3 is 10.1 Å². The maximum absolute atomic E-state index is 12.5. The highest BCUT2D eigenvalue weighted by atomic mass is 16.5. The topological polar surface area (TPSA) is 38.3 Å². The van der Waals surface area contributed by atoms with Crippen molar-refractivity contribution in [1.29, 1.82) is 0 Å². The lowest BCUT2D eigenvalue weighted by atomic mass is 9.82. The van der Waals surface area contributed by atoms with Gasteiger partial charge in [0, 0.05) is 29.1 Å². The second-order valence-electron chi connectivity index (χ2n) is 5.35. The number of fused-ring (bicyclic) bond motifs is 2. The van der Waals surface area contributed by atoms with Crippen molar-refractivity contribution in [2.45, 2.75) is 24.9 Å². The molecule has 1 aromatic rings. The first kappa shape index (κ1) is 12.4. The first-order valence-corrected chi connectivity index (χ1v) is 6.71. The highest BCUT2D eigenvalue weighted by molar-refractivity contribution is 5.98. The number of carbonyl (C=O) groups is 1. The largest absolute Gasteiger partial charge is 0.378 e. The number of carbonyl (C=O) groups excluding carboxylic acids is 1. The van der Waals surface area contributed by atoms with Gasteiger partial charge in [-0.15, -0.1) is 6.42 Å². The number of benzene rings is 1. The number of nitrogens with one attached hydrogen (secondary N) is 1. The summed E-state index contributed by atoms with van der Waals surface area (Å²) in [6.45, 7) is 1.44. The Balaban J connectivity index is 1.74. The van der Waals surface area contributed by atoms with Crippen LogP contribution >= 0.6 is 0 Å². The van der Waals surface area contributed by atoms with Crippen LogP contribution in [0.3, 0.4) is 0 Å². The highest BCUT2D eigenvalue weighted by Gasteiger charge is 2.35. The molecule has 3 rings (SSSR count). The van der Waals surface area contributed by atoms with E-state index in [1.165, 1.54) is 0 Å². The van der Waals surface area contributed by atoms with Crippen LogP contribution in [-0.4, -0.2) is 31.1 Å². The summed E-state index contributed by atoms with van der Waals surface area (Å²) in [6, 6.07) is 7.99. The molecule has 98 valence electrons. The molecule has 2 unspecified atom stereocenters. The Kier molecular flexibility index (Phi) is 3.37. The lowest BCUT2D eigenvalue weighted by molar-refractivity contribution is 0.00953. The monoisotopic (exact) mass is 255 g/mol. The molecule has 1 aromatic carbocycles. The maximum atomic E-state index is 12.5. The molecule has 2 saturated heterocycles. The number of terminal acetylenes is 1. The third kappa shape index (κ3) is 2.56. The Morgan fingerprint density at radius 2 is 1.84 bits per heavy atom. The van der Waals surface area contributed by atoms with Crippen molar-refractivity contribution in [3.8, 4) is 12.3 Å². The molecule has 3 nitrogen and oxygen atoms in total. The number of ether oxygens (including phenoxy) is 1. The van der Waals surface area contributed by atoms with Gasteiger partial charge in [-0.05, 0) is 25.0 Å². The van der Waals surface area contributed by atoms with Gasteiger partial charge in [0.15, 0.2) is 5.78 Å². The van der Waals surface area contributed by atoms with Crippen LogP contribution in [0.5, 0.6) is 0 Å². The molecule has 2 aliphatic heterocycles. The van der Waals surface area contributed by atoms with E-state index in [2.05, 4.69) is 11.2 Å². The van der Waals surface area contributed by atoms with Gasteiger partial charge in [-0.3, -0.25) is 4.79 Å². The SMILES string of the molecule is C#Cc1ccc(C(=O)C2CC3COCC(C2)N3)cc1. The predicted molar refractivity (Wildman–Crippen MR) is 73.0 cm³/mol. The number of rotatable bonds is 2. The summed E-state index contributed by atoms with van der Waals surface area (Å²) in [5.41, 5.74) is 1.58. The number of morpholine rings is 1. The van der Waals surface area contributed by atoms with E-state index in [9.17, 15) is 4.79 Å². The van der Waals surface area contributed by atoms with E-state index < -0.39 is 0 Å². The van der Waals surface area contributed by atoms with Gasteiger partial charge in [0.25, 0.3) is 0 Å². The summed E-state index contributed by atoms with van der Waals surface area (Å²) in [6.07, 6.45) is 7.06. The van der Waals surface area contributed by atoms with Gasteiger partial charge >= 0.3 is 0 Å². The normalized spacial score (nSPS) is 29.5. The molecule has 3 heteroatoms. The third-order valence-electron chi connectivity index (χ3n) is 3.95. The molecular formula is C16H17NO2. The summed E-state index contributed by atoms with van der Waals surface area (Å²) >= 11 is 0. The molecule has 0 spiro atoms. The van der Waals surface area contributed by atoms with Crippen LogP contribution in [0.15, 0.2) is 24.3 Å². The van der Waals surface area contributed by atoms with Crippen LogP contribution in [0.4, 0.5) is 0 Å². The van der Waals surface area contributed by atoms with E-state index in [-0.39, 0.29) is 11.7 Å². The summed E-state index contributed by atoms with van der Waals surface area (Å²) < 4.78 is 5.50. The minimum atomic E-state index is 0.108. The van der Waals surface area contributed by atoms with Crippen LogP contribution in [-0.2, 0) is 4.74 Å². The Morgan fingerprint density at radius 3 is 2.42 bits per heavy atom. The van der Waals surface area contributed by atoms with Crippen molar-refractivity contribution in [3.63, 3.8) is 0 Å². The highest BCUT2D eigenvalue weighted by Crippen LogP contribution is 2.27. The van der Waals surface area contributed by atoms with Gasteiger partial charge in [-0.1, -0.05) is 18.1 Å². The van der Waals surface area contributed by atoms with Crippen molar-refractivity contribution < 1.29 is 9.53 Å². The van der Waals surface area contributed by atoms with Gasteiger partial charge in [0.05, 0.1) is 13.2 Å². The number of ketones is 1. The van der Waals surface area contributed by atoms with Crippen molar-refractivity contribution in [2.24, 2.45) is 5.92 Å². The zero-order valence-electron chi connectivity index (χ0n) is 10.8. The summed E-state index contributed by atoms with van der Waals surface area (Å²) in [4.78, 5) is 12.5. The van der Waals surface area contributed by atoms with Crippen molar-refractivity contribution in [1.82, 2.24) is 5.32 Å². The predicted octanol–water partition coefficient (Wildman–Crippen LogP) is 1.62. The molecule has 2 atom stereocenters. The average Bonchev–Trinajstić information content (AvgIpc) is 2.46. The summed E-state index contributed by atoms with van der Waals surface area (Å²) in [5, 5.41) is 3.50.